The Morgan fingerprint density at radius 1 is 0.957 bits per heavy atom. The third-order valence-corrected chi connectivity index (χ3v) is 5.00. The van der Waals surface area contributed by atoms with Crippen LogP contribution in [0.25, 0.3) is 0 Å². The van der Waals surface area contributed by atoms with Crippen molar-refractivity contribution >= 4 is 22.6 Å². The summed E-state index contributed by atoms with van der Waals surface area (Å²) in [7, 11) is 0. The fraction of sp³-hybridized carbons (Fsp3) is 0.588. The van der Waals surface area contributed by atoms with E-state index < -0.39 is 0 Å². The number of nitrogens with zero attached hydrogens (tertiary/aromatic N) is 3. The van der Waals surface area contributed by atoms with Crippen LogP contribution in [0.2, 0.25) is 0 Å². The predicted octanol–water partition coefficient (Wildman–Crippen LogP) is 2.07. The maximum atomic E-state index is 5.47. The first-order valence-corrected chi connectivity index (χ1v) is 9.30. The maximum absolute atomic E-state index is 5.47. The van der Waals surface area contributed by atoms with Gasteiger partial charge in [-0.05, 0) is 12.1 Å². The highest BCUT2D eigenvalue weighted by molar-refractivity contribution is 8.13. The fourth-order valence-electron chi connectivity index (χ4n) is 2.65. The highest BCUT2D eigenvalue weighted by atomic mass is 32.2. The van der Waals surface area contributed by atoms with Crippen LogP contribution in [-0.4, -0.2) is 79.9 Å². The number of hydrogen-bond acceptors (Lipinski definition) is 5. The molecule has 1 aromatic rings. The third-order valence-electron chi connectivity index (χ3n) is 4.00. The molecule has 23 heavy (non-hydrogen) atoms. The number of rotatable bonds is 4. The van der Waals surface area contributed by atoms with Crippen molar-refractivity contribution in [1.82, 2.24) is 9.80 Å². The lowest BCUT2D eigenvalue weighted by molar-refractivity contribution is 0.0410. The van der Waals surface area contributed by atoms with Gasteiger partial charge >= 0.3 is 0 Å². The van der Waals surface area contributed by atoms with Gasteiger partial charge < -0.3 is 14.4 Å². The minimum absolute atomic E-state index is 0.790. The summed E-state index contributed by atoms with van der Waals surface area (Å²) in [5.74, 6) is 1.06. The van der Waals surface area contributed by atoms with Gasteiger partial charge in [-0.1, -0.05) is 30.0 Å². The number of morpholine rings is 2. The molecule has 1 aromatic carbocycles. The molecule has 2 aliphatic rings. The van der Waals surface area contributed by atoms with Gasteiger partial charge in [-0.3, -0.25) is 4.90 Å². The molecule has 0 bridgehead atoms. The van der Waals surface area contributed by atoms with E-state index in [1.807, 2.05) is 30.0 Å². The molecule has 6 heteroatoms. The maximum Gasteiger partial charge on any atom is 0.164 e. The number of aliphatic imine (C=N–C) groups is 1. The predicted molar refractivity (Wildman–Crippen MR) is 95.6 cm³/mol. The molecule has 2 heterocycles. The molecule has 0 unspecified atom stereocenters. The standard InChI is InChI=1S/C17H25N3O2S/c1-2-4-16(5-3-1)18-17(20-8-13-22-14-9-20)23-15-10-19-6-11-21-12-7-19/h1-5H,6-15H2. The molecular formula is C17H25N3O2S. The molecule has 0 amide bonds. The van der Waals surface area contributed by atoms with E-state index in [0.29, 0.717) is 0 Å². The van der Waals surface area contributed by atoms with Crippen LogP contribution in [0.1, 0.15) is 0 Å². The molecule has 0 spiro atoms. The lowest BCUT2D eigenvalue weighted by Crippen LogP contribution is -2.40. The third kappa shape index (κ3) is 5.49. The lowest BCUT2D eigenvalue weighted by atomic mass is 10.3. The molecule has 126 valence electrons. The SMILES string of the molecule is c1ccc(N=C(SCCN2CCOCC2)N2CCOCC2)cc1. The minimum Gasteiger partial charge on any atom is -0.379 e. The Kier molecular flexibility index (Phi) is 6.76. The summed E-state index contributed by atoms with van der Waals surface area (Å²) in [6.45, 7) is 8.33. The topological polar surface area (TPSA) is 37.3 Å². The van der Waals surface area contributed by atoms with Crippen molar-refractivity contribution in [2.75, 3.05) is 64.9 Å². The number of ether oxygens (including phenoxy) is 2. The normalized spacial score (nSPS) is 20.7. The van der Waals surface area contributed by atoms with E-state index in [2.05, 4.69) is 21.9 Å². The summed E-state index contributed by atoms with van der Waals surface area (Å²) in [6.07, 6.45) is 0. The van der Waals surface area contributed by atoms with E-state index in [9.17, 15) is 0 Å². The average molecular weight is 335 g/mol. The van der Waals surface area contributed by atoms with Crippen LogP contribution < -0.4 is 0 Å². The van der Waals surface area contributed by atoms with Crippen molar-refractivity contribution in [3.8, 4) is 0 Å². The Balaban J connectivity index is 1.59. The summed E-state index contributed by atoms with van der Waals surface area (Å²) in [6, 6.07) is 10.2. The Bertz CT molecular complexity index is 486. The van der Waals surface area contributed by atoms with Crippen LogP contribution in [-0.2, 0) is 9.47 Å². The van der Waals surface area contributed by atoms with Crippen molar-refractivity contribution in [3.05, 3.63) is 30.3 Å². The smallest absolute Gasteiger partial charge is 0.164 e. The molecule has 2 fully saturated rings. The second-order valence-electron chi connectivity index (χ2n) is 5.63. The molecule has 3 rings (SSSR count). The molecule has 0 aliphatic carbocycles. The number of benzene rings is 1. The zero-order chi connectivity index (χ0) is 15.7. The fourth-order valence-corrected chi connectivity index (χ4v) is 3.72. The molecule has 0 radical (unpaired) electrons. The van der Waals surface area contributed by atoms with E-state index in [1.54, 1.807) is 0 Å². The van der Waals surface area contributed by atoms with Crippen LogP contribution in [0.15, 0.2) is 35.3 Å². The first-order valence-electron chi connectivity index (χ1n) is 8.31. The Labute approximate surface area is 142 Å². The van der Waals surface area contributed by atoms with Gasteiger partial charge in [0.1, 0.15) is 0 Å². The van der Waals surface area contributed by atoms with Crippen LogP contribution >= 0.6 is 11.8 Å². The van der Waals surface area contributed by atoms with Gasteiger partial charge in [0.2, 0.25) is 0 Å². The number of para-hydroxylation sites is 1. The molecule has 2 aliphatic heterocycles. The van der Waals surface area contributed by atoms with Gasteiger partial charge in [-0.25, -0.2) is 4.99 Å². The van der Waals surface area contributed by atoms with Crippen LogP contribution in [0.5, 0.6) is 0 Å². The number of hydrogen-bond donors (Lipinski definition) is 0. The Morgan fingerprint density at radius 2 is 1.61 bits per heavy atom. The molecule has 0 aromatic heterocycles. The Hall–Kier alpha value is -1.08. The zero-order valence-electron chi connectivity index (χ0n) is 13.5. The summed E-state index contributed by atoms with van der Waals surface area (Å²) in [5, 5.41) is 1.12. The van der Waals surface area contributed by atoms with Crippen LogP contribution in [0, 0.1) is 0 Å². The van der Waals surface area contributed by atoms with Gasteiger partial charge in [0, 0.05) is 38.5 Å². The van der Waals surface area contributed by atoms with Gasteiger partial charge in [-0.15, -0.1) is 0 Å². The quantitative estimate of drug-likeness (QED) is 0.622. The van der Waals surface area contributed by atoms with E-state index in [0.717, 1.165) is 75.8 Å². The van der Waals surface area contributed by atoms with E-state index >= 15 is 0 Å². The van der Waals surface area contributed by atoms with Crippen molar-refractivity contribution in [1.29, 1.82) is 0 Å². The molecule has 0 atom stereocenters. The molecule has 0 N–H and O–H groups in total. The van der Waals surface area contributed by atoms with Crippen molar-refractivity contribution in [3.63, 3.8) is 0 Å². The van der Waals surface area contributed by atoms with Crippen molar-refractivity contribution < 1.29 is 9.47 Å². The van der Waals surface area contributed by atoms with Gasteiger partial charge in [0.25, 0.3) is 0 Å². The van der Waals surface area contributed by atoms with Gasteiger partial charge in [0.15, 0.2) is 5.17 Å². The minimum atomic E-state index is 0.790. The van der Waals surface area contributed by atoms with E-state index in [1.165, 1.54) is 0 Å². The molecule has 2 saturated heterocycles. The van der Waals surface area contributed by atoms with Gasteiger partial charge in [-0.2, -0.15) is 0 Å². The van der Waals surface area contributed by atoms with Crippen molar-refractivity contribution in [2.45, 2.75) is 0 Å². The van der Waals surface area contributed by atoms with Crippen LogP contribution in [0.4, 0.5) is 5.69 Å². The molecule has 0 saturated carbocycles. The first kappa shape index (κ1) is 16.8. The first-order chi connectivity index (χ1) is 11.4. The molecule has 5 nitrogen and oxygen atoms in total. The summed E-state index contributed by atoms with van der Waals surface area (Å²) < 4.78 is 10.9. The second kappa shape index (κ2) is 9.27. The summed E-state index contributed by atoms with van der Waals surface area (Å²) in [4.78, 5) is 9.69. The molecular weight excluding hydrogens is 310 g/mol. The second-order valence-corrected chi connectivity index (χ2v) is 6.69. The van der Waals surface area contributed by atoms with Crippen LogP contribution in [0.3, 0.4) is 0 Å². The average Bonchev–Trinajstić information content (AvgIpc) is 2.63. The van der Waals surface area contributed by atoms with Gasteiger partial charge in [0.05, 0.1) is 32.1 Å². The summed E-state index contributed by atoms with van der Waals surface area (Å²) >= 11 is 1.85. The number of amidine groups is 1. The van der Waals surface area contributed by atoms with E-state index in [-0.39, 0.29) is 0 Å². The highest BCUT2D eigenvalue weighted by Crippen LogP contribution is 2.18. The Morgan fingerprint density at radius 3 is 2.30 bits per heavy atom. The lowest BCUT2D eigenvalue weighted by Gasteiger charge is -2.30. The van der Waals surface area contributed by atoms with E-state index in [4.69, 9.17) is 14.5 Å². The summed E-state index contributed by atoms with van der Waals surface area (Å²) in [5.41, 5.74) is 1.02. The number of thioether (sulfide) groups is 1. The largest absolute Gasteiger partial charge is 0.379 e. The zero-order valence-corrected chi connectivity index (χ0v) is 14.3. The monoisotopic (exact) mass is 335 g/mol. The van der Waals surface area contributed by atoms with Crippen molar-refractivity contribution in [2.24, 2.45) is 4.99 Å². The highest BCUT2D eigenvalue weighted by Gasteiger charge is 2.17.